The second kappa shape index (κ2) is 13.0. The standard InChI is InChI=1S/C46H30BN3O10S/c1-46(24-10-6-3-7-11-24)18-16-23(17-19-46)44-48-43(22-14-12-21(13-15-22)20-8-4-2-5-9-20)49-45(50-44)29-32(52)36(56)39-27-28-38(58-59-39)33(53)26-25-31(51)35(55)34(54)30(47)41(25)61-42(26)40(28)60-57-37(27)29/h2-18,51-56H,19,47H2,1H3. The van der Waals surface area contributed by atoms with Crippen LogP contribution in [0.3, 0.4) is 0 Å². The second-order valence-electron chi connectivity index (χ2n) is 15.2. The molecule has 15 heteroatoms. The average Bonchev–Trinajstić information content (AvgIpc) is 3.71. The fraction of sp³-hybridized carbons (Fsp3) is 0.0652. The molecule has 2 aromatic heterocycles. The molecule has 8 aromatic rings. The molecule has 4 heterocycles. The van der Waals surface area contributed by atoms with Crippen molar-refractivity contribution < 1.29 is 48.9 Å². The lowest BCUT2D eigenvalue weighted by molar-refractivity contribution is 0.0751. The van der Waals surface area contributed by atoms with Gasteiger partial charge >= 0.3 is 0 Å². The predicted octanol–water partition coefficient (Wildman–Crippen LogP) is 9.38. The summed E-state index contributed by atoms with van der Waals surface area (Å²) in [6.45, 7) is 2.15. The van der Waals surface area contributed by atoms with Crippen molar-refractivity contribution in [3.8, 4) is 79.5 Å². The van der Waals surface area contributed by atoms with Gasteiger partial charge in [-0.2, -0.15) is 0 Å². The van der Waals surface area contributed by atoms with Gasteiger partial charge in [-0.3, -0.25) is 18.3 Å². The van der Waals surface area contributed by atoms with E-state index in [1.54, 1.807) is 7.85 Å². The molecule has 6 N–H and O–H groups in total. The van der Waals surface area contributed by atoms with Crippen LogP contribution in [0.5, 0.6) is 34.5 Å². The number of nitrogens with zero attached hydrogens (tertiary/aromatic N) is 3. The number of aromatic nitrogens is 3. The van der Waals surface area contributed by atoms with Crippen molar-refractivity contribution in [3.05, 3.63) is 115 Å². The summed E-state index contributed by atoms with van der Waals surface area (Å²) in [6, 6.07) is 27.8. The van der Waals surface area contributed by atoms with Crippen LogP contribution >= 0.6 is 11.3 Å². The lowest BCUT2D eigenvalue weighted by Crippen LogP contribution is -2.20. The Kier molecular flexibility index (Phi) is 7.74. The fourth-order valence-electron chi connectivity index (χ4n) is 8.22. The van der Waals surface area contributed by atoms with Gasteiger partial charge in [0.1, 0.15) is 13.4 Å². The Bertz CT molecular complexity index is 3490. The summed E-state index contributed by atoms with van der Waals surface area (Å²) < 4.78 is 23.6. The highest BCUT2D eigenvalue weighted by Gasteiger charge is 2.37. The number of hydrogen-bond acceptors (Lipinski definition) is 14. The monoisotopic (exact) mass is 827 g/mol. The Morgan fingerprint density at radius 3 is 1.82 bits per heavy atom. The van der Waals surface area contributed by atoms with Crippen LogP contribution in [0.15, 0.2) is 121 Å². The van der Waals surface area contributed by atoms with Crippen molar-refractivity contribution in [1.29, 1.82) is 0 Å². The third kappa shape index (κ3) is 5.23. The summed E-state index contributed by atoms with van der Waals surface area (Å²) in [5, 5.41) is 67.2. The van der Waals surface area contributed by atoms with Gasteiger partial charge in [0.2, 0.25) is 28.1 Å². The molecule has 3 aliphatic rings. The summed E-state index contributed by atoms with van der Waals surface area (Å²) in [5.41, 5.74) is 3.64. The summed E-state index contributed by atoms with van der Waals surface area (Å²) in [6.07, 6.45) is 6.76. The Morgan fingerprint density at radius 1 is 0.541 bits per heavy atom. The first-order valence-corrected chi connectivity index (χ1v) is 19.9. The summed E-state index contributed by atoms with van der Waals surface area (Å²) in [5.74, 6) is -3.45. The number of fused-ring (bicyclic) bond motifs is 4. The molecule has 61 heavy (non-hydrogen) atoms. The molecule has 1 aliphatic carbocycles. The first-order valence-electron chi connectivity index (χ1n) is 19.1. The number of phenolic OH excluding ortho intramolecular Hbond substituents is 6. The van der Waals surface area contributed by atoms with Gasteiger partial charge < -0.3 is 30.6 Å². The number of aromatic hydroxyl groups is 6. The van der Waals surface area contributed by atoms with E-state index < -0.39 is 34.5 Å². The maximum Gasteiger partial charge on any atom is 0.236 e. The molecule has 2 aliphatic heterocycles. The lowest BCUT2D eigenvalue weighted by atomic mass is 9.76. The normalized spacial score (nSPS) is 15.5. The Labute approximate surface area is 348 Å². The van der Waals surface area contributed by atoms with E-state index in [9.17, 15) is 30.6 Å². The molecule has 0 amide bonds. The maximum atomic E-state index is 11.8. The maximum absolute atomic E-state index is 11.8. The molecule has 0 fully saturated rings. The number of allylic oxidation sites excluding steroid dienone is 4. The quantitative estimate of drug-likeness (QED) is 0.0414. The van der Waals surface area contributed by atoms with Crippen LogP contribution in [-0.4, -0.2) is 53.4 Å². The molecular formula is C46H30BN3O10S. The number of benzene rings is 6. The molecule has 1 atom stereocenters. The molecule has 298 valence electrons. The molecule has 0 bridgehead atoms. The van der Waals surface area contributed by atoms with E-state index in [0.29, 0.717) is 22.3 Å². The zero-order valence-corrected chi connectivity index (χ0v) is 32.9. The first kappa shape index (κ1) is 36.2. The smallest absolute Gasteiger partial charge is 0.236 e. The molecule has 0 spiro atoms. The van der Waals surface area contributed by atoms with Crippen molar-refractivity contribution in [2.24, 2.45) is 0 Å². The number of hydrogen-bond donors (Lipinski definition) is 6. The third-order valence-electron chi connectivity index (χ3n) is 11.6. The van der Waals surface area contributed by atoms with Gasteiger partial charge in [-0.1, -0.05) is 110 Å². The van der Waals surface area contributed by atoms with Gasteiger partial charge in [-0.25, -0.2) is 15.0 Å². The number of phenols is 6. The zero-order valence-electron chi connectivity index (χ0n) is 32.1. The highest BCUT2D eigenvalue weighted by Crippen LogP contribution is 2.58. The van der Waals surface area contributed by atoms with Crippen LogP contribution in [0.25, 0.3) is 93.1 Å². The van der Waals surface area contributed by atoms with E-state index in [0.717, 1.165) is 28.0 Å². The number of rotatable bonds is 5. The second-order valence-corrected chi connectivity index (χ2v) is 16.3. The minimum atomic E-state index is -0.768. The third-order valence-corrected chi connectivity index (χ3v) is 12.9. The lowest BCUT2D eigenvalue weighted by Gasteiger charge is -2.28. The minimum absolute atomic E-state index is 0.00404. The van der Waals surface area contributed by atoms with Crippen LogP contribution < -0.4 is 5.46 Å². The molecule has 0 radical (unpaired) electrons. The molecule has 6 aromatic carbocycles. The molecular weight excluding hydrogens is 797 g/mol. The van der Waals surface area contributed by atoms with E-state index >= 15 is 0 Å². The van der Waals surface area contributed by atoms with Crippen LogP contribution in [0.1, 0.15) is 24.7 Å². The Balaban J connectivity index is 1.14. The summed E-state index contributed by atoms with van der Waals surface area (Å²) in [7, 11) is 1.54. The van der Waals surface area contributed by atoms with Crippen LogP contribution in [0.2, 0.25) is 0 Å². The van der Waals surface area contributed by atoms with Crippen molar-refractivity contribution >= 4 is 72.7 Å². The average molecular weight is 828 g/mol. The van der Waals surface area contributed by atoms with Crippen molar-refractivity contribution in [1.82, 2.24) is 15.0 Å². The summed E-state index contributed by atoms with van der Waals surface area (Å²) in [4.78, 5) is 14.6. The topological polar surface area (TPSA) is 213 Å². The van der Waals surface area contributed by atoms with Gasteiger partial charge in [0.25, 0.3) is 0 Å². The van der Waals surface area contributed by atoms with Gasteiger partial charge in [-0.15, -0.1) is 11.3 Å². The molecule has 11 rings (SSSR count). The van der Waals surface area contributed by atoms with Crippen LogP contribution in [0.4, 0.5) is 0 Å². The van der Waals surface area contributed by atoms with Gasteiger partial charge in [0, 0.05) is 26.6 Å². The zero-order chi connectivity index (χ0) is 41.9. The molecule has 0 saturated heterocycles. The fourth-order valence-corrected chi connectivity index (χ4v) is 9.51. The van der Waals surface area contributed by atoms with E-state index in [1.807, 2.05) is 84.9 Å². The van der Waals surface area contributed by atoms with Crippen molar-refractivity contribution in [3.63, 3.8) is 0 Å². The van der Waals surface area contributed by atoms with E-state index in [1.165, 1.54) is 0 Å². The predicted molar refractivity (Wildman–Crippen MR) is 232 cm³/mol. The minimum Gasteiger partial charge on any atom is -0.505 e. The highest BCUT2D eigenvalue weighted by atomic mass is 32.1. The van der Waals surface area contributed by atoms with Gasteiger partial charge in [0.05, 0.1) is 21.2 Å². The first-order chi connectivity index (χ1) is 29.5. The van der Waals surface area contributed by atoms with Crippen LogP contribution in [-0.2, 0) is 5.41 Å². The largest absolute Gasteiger partial charge is 0.505 e. The van der Waals surface area contributed by atoms with Crippen LogP contribution in [0, 0.1) is 0 Å². The SMILES string of the molecule is Bc1c(O)c(O)c(O)c2c1sc1c3ooc4c(-c5nc(C6=CCC(C)(c7ccccc7)C=C6)nc(-c6ccc(-c7ccccc7)cc6)n5)c(O)c(O)c5ooc(c3-c54)c(O)c12. The van der Waals surface area contributed by atoms with Crippen molar-refractivity contribution in [2.45, 2.75) is 18.8 Å². The number of thiophene rings is 1. The highest BCUT2D eigenvalue weighted by molar-refractivity contribution is 7.27. The molecule has 0 saturated carbocycles. The van der Waals surface area contributed by atoms with E-state index in [2.05, 4.69) is 25.1 Å². The summed E-state index contributed by atoms with van der Waals surface area (Å²) >= 11 is 1.04. The van der Waals surface area contributed by atoms with E-state index in [-0.39, 0.29) is 82.8 Å². The van der Waals surface area contributed by atoms with Crippen molar-refractivity contribution in [2.75, 3.05) is 0 Å². The molecule has 13 nitrogen and oxygen atoms in total. The van der Waals surface area contributed by atoms with E-state index in [4.69, 9.17) is 33.3 Å². The Morgan fingerprint density at radius 2 is 1.11 bits per heavy atom. The Hall–Kier alpha value is -7.91. The molecule has 1 unspecified atom stereocenters. The van der Waals surface area contributed by atoms with Gasteiger partial charge in [-0.05, 0) is 28.6 Å². The van der Waals surface area contributed by atoms with Gasteiger partial charge in [0.15, 0.2) is 46.2 Å².